The molecule has 0 radical (unpaired) electrons. The fourth-order valence-electron chi connectivity index (χ4n) is 2.49. The lowest BCUT2D eigenvalue weighted by molar-refractivity contribution is 0.125. The maximum Gasteiger partial charge on any atom is 0.216 e. The van der Waals surface area contributed by atoms with Gasteiger partial charge in [0.05, 0.1) is 11.9 Å². The second kappa shape index (κ2) is 5.65. The normalized spacial score (nSPS) is 28.6. The van der Waals surface area contributed by atoms with Gasteiger partial charge in [0.2, 0.25) is 10.0 Å². The van der Waals surface area contributed by atoms with Crippen LogP contribution in [0, 0.1) is 5.92 Å². The van der Waals surface area contributed by atoms with E-state index in [1.165, 1.54) is 0 Å². The first-order valence-electron chi connectivity index (χ1n) is 6.32. The highest BCUT2D eigenvalue weighted by molar-refractivity contribution is 7.89. The molecule has 17 heavy (non-hydrogen) atoms. The predicted molar refractivity (Wildman–Crippen MR) is 64.1 cm³/mol. The highest BCUT2D eigenvalue weighted by atomic mass is 32.2. The van der Waals surface area contributed by atoms with Gasteiger partial charge in [0.15, 0.2) is 0 Å². The highest BCUT2D eigenvalue weighted by Crippen LogP contribution is 2.21. The van der Waals surface area contributed by atoms with E-state index < -0.39 is 10.0 Å². The first-order chi connectivity index (χ1) is 8.12. The zero-order chi connectivity index (χ0) is 12.3. The predicted octanol–water partition coefficient (Wildman–Crippen LogP) is 0.200. The standard InChI is InChI=1S/C11H21NO4S/c13-8-10-3-5-12(6-4-10)17(14,15)9-11-2-1-7-16-11/h10-11,13H,1-9H2. The van der Waals surface area contributed by atoms with E-state index in [-0.39, 0.29) is 24.4 Å². The third kappa shape index (κ3) is 3.40. The maximum absolute atomic E-state index is 12.1. The van der Waals surface area contributed by atoms with Crippen LogP contribution in [0.3, 0.4) is 0 Å². The fourth-order valence-corrected chi connectivity index (χ4v) is 4.20. The Morgan fingerprint density at radius 1 is 1.24 bits per heavy atom. The van der Waals surface area contributed by atoms with Crippen molar-refractivity contribution in [2.75, 3.05) is 32.1 Å². The van der Waals surface area contributed by atoms with Crippen molar-refractivity contribution in [3.05, 3.63) is 0 Å². The Bertz CT molecular complexity index is 329. The molecular weight excluding hydrogens is 242 g/mol. The number of nitrogens with zero attached hydrogens (tertiary/aromatic N) is 1. The third-order valence-corrected chi connectivity index (χ3v) is 5.59. The minimum absolute atomic E-state index is 0.115. The average Bonchev–Trinajstić information content (AvgIpc) is 2.81. The molecule has 2 aliphatic rings. The lowest BCUT2D eigenvalue weighted by atomic mass is 10.00. The van der Waals surface area contributed by atoms with Crippen LogP contribution in [0.5, 0.6) is 0 Å². The van der Waals surface area contributed by atoms with Crippen molar-refractivity contribution in [1.82, 2.24) is 4.31 Å². The first-order valence-corrected chi connectivity index (χ1v) is 7.93. The van der Waals surface area contributed by atoms with Crippen LogP contribution in [0.4, 0.5) is 0 Å². The summed E-state index contributed by atoms with van der Waals surface area (Å²) in [6, 6.07) is 0. The Hall–Kier alpha value is -0.170. The van der Waals surface area contributed by atoms with Crippen LogP contribution in [-0.2, 0) is 14.8 Å². The van der Waals surface area contributed by atoms with Gasteiger partial charge in [-0.3, -0.25) is 0 Å². The molecule has 0 saturated carbocycles. The zero-order valence-electron chi connectivity index (χ0n) is 10.0. The second-order valence-corrected chi connectivity index (χ2v) is 6.95. The molecule has 2 heterocycles. The Morgan fingerprint density at radius 3 is 2.47 bits per heavy atom. The molecule has 0 aromatic rings. The summed E-state index contributed by atoms with van der Waals surface area (Å²) in [7, 11) is -3.17. The molecule has 0 amide bonds. The van der Waals surface area contributed by atoms with Gasteiger partial charge in [0, 0.05) is 26.3 Å². The van der Waals surface area contributed by atoms with E-state index in [1.807, 2.05) is 0 Å². The zero-order valence-corrected chi connectivity index (χ0v) is 10.9. The molecule has 1 atom stereocenters. The Labute approximate surface area is 103 Å². The van der Waals surface area contributed by atoms with Gasteiger partial charge in [0.1, 0.15) is 0 Å². The van der Waals surface area contributed by atoms with E-state index >= 15 is 0 Å². The lowest BCUT2D eigenvalue weighted by Crippen LogP contribution is -2.42. The molecule has 0 aromatic heterocycles. The largest absolute Gasteiger partial charge is 0.396 e. The number of ether oxygens (including phenoxy) is 1. The van der Waals surface area contributed by atoms with E-state index in [2.05, 4.69) is 0 Å². The lowest BCUT2D eigenvalue weighted by Gasteiger charge is -2.30. The van der Waals surface area contributed by atoms with Crippen molar-refractivity contribution < 1.29 is 18.3 Å². The van der Waals surface area contributed by atoms with Crippen LogP contribution in [0.1, 0.15) is 25.7 Å². The number of hydrogen-bond donors (Lipinski definition) is 1. The minimum atomic E-state index is -3.17. The molecule has 0 aromatic carbocycles. The first kappa shape index (κ1) is 13.3. The van der Waals surface area contributed by atoms with E-state index in [9.17, 15) is 8.42 Å². The number of aliphatic hydroxyl groups excluding tert-OH is 1. The van der Waals surface area contributed by atoms with Crippen molar-refractivity contribution in [1.29, 1.82) is 0 Å². The minimum Gasteiger partial charge on any atom is -0.396 e. The molecule has 1 unspecified atom stereocenters. The van der Waals surface area contributed by atoms with E-state index in [1.54, 1.807) is 4.31 Å². The molecule has 2 saturated heterocycles. The molecule has 100 valence electrons. The third-order valence-electron chi connectivity index (χ3n) is 3.65. The molecule has 6 heteroatoms. The summed E-state index contributed by atoms with van der Waals surface area (Å²) in [4.78, 5) is 0. The van der Waals surface area contributed by atoms with Crippen LogP contribution < -0.4 is 0 Å². The fraction of sp³-hybridized carbons (Fsp3) is 1.00. The SMILES string of the molecule is O=S(=O)(CC1CCCO1)N1CCC(CO)CC1. The quantitative estimate of drug-likeness (QED) is 0.787. The second-order valence-electron chi connectivity index (χ2n) is 4.94. The summed E-state index contributed by atoms with van der Waals surface area (Å²) < 4.78 is 31.2. The van der Waals surface area contributed by atoms with Gasteiger partial charge >= 0.3 is 0 Å². The van der Waals surface area contributed by atoms with Gasteiger partial charge in [0.25, 0.3) is 0 Å². The summed E-state index contributed by atoms with van der Waals surface area (Å²) in [6.45, 7) is 1.94. The monoisotopic (exact) mass is 263 g/mol. The number of sulfonamides is 1. The van der Waals surface area contributed by atoms with Gasteiger partial charge in [-0.1, -0.05) is 0 Å². The van der Waals surface area contributed by atoms with E-state index in [4.69, 9.17) is 9.84 Å². The molecule has 1 N–H and O–H groups in total. The summed E-state index contributed by atoms with van der Waals surface area (Å²) in [5.74, 6) is 0.390. The van der Waals surface area contributed by atoms with Crippen molar-refractivity contribution in [3.63, 3.8) is 0 Å². The van der Waals surface area contributed by atoms with Gasteiger partial charge in [-0.25, -0.2) is 12.7 Å². The van der Waals surface area contributed by atoms with E-state index in [0.717, 1.165) is 25.7 Å². The highest BCUT2D eigenvalue weighted by Gasteiger charge is 2.31. The van der Waals surface area contributed by atoms with Crippen LogP contribution in [-0.4, -0.2) is 56.0 Å². The van der Waals surface area contributed by atoms with Crippen LogP contribution in [0.2, 0.25) is 0 Å². The van der Waals surface area contributed by atoms with Crippen LogP contribution in [0.25, 0.3) is 0 Å². The van der Waals surface area contributed by atoms with Crippen molar-refractivity contribution in [2.24, 2.45) is 5.92 Å². The van der Waals surface area contributed by atoms with Crippen LogP contribution >= 0.6 is 0 Å². The molecule has 2 rings (SSSR count). The smallest absolute Gasteiger partial charge is 0.216 e. The number of rotatable bonds is 4. The van der Waals surface area contributed by atoms with E-state index in [0.29, 0.717) is 19.7 Å². The van der Waals surface area contributed by atoms with Crippen molar-refractivity contribution in [2.45, 2.75) is 31.8 Å². The number of aliphatic hydroxyl groups is 1. The molecule has 5 nitrogen and oxygen atoms in total. The Balaban J connectivity index is 1.87. The topological polar surface area (TPSA) is 66.8 Å². The Kier molecular flexibility index (Phi) is 4.41. The summed E-state index contributed by atoms with van der Waals surface area (Å²) in [6.07, 6.45) is 3.23. The van der Waals surface area contributed by atoms with Gasteiger partial charge < -0.3 is 9.84 Å². The molecular formula is C11H21NO4S. The molecule has 0 aliphatic carbocycles. The molecule has 0 bridgehead atoms. The molecule has 2 fully saturated rings. The Morgan fingerprint density at radius 2 is 1.94 bits per heavy atom. The van der Waals surface area contributed by atoms with Gasteiger partial charge in [-0.2, -0.15) is 0 Å². The van der Waals surface area contributed by atoms with Crippen molar-refractivity contribution >= 4 is 10.0 Å². The van der Waals surface area contributed by atoms with Crippen molar-refractivity contribution in [3.8, 4) is 0 Å². The molecule has 0 spiro atoms. The summed E-state index contributed by atoms with van der Waals surface area (Å²) >= 11 is 0. The van der Waals surface area contributed by atoms with Gasteiger partial charge in [-0.05, 0) is 31.6 Å². The number of piperidine rings is 1. The summed E-state index contributed by atoms with van der Waals surface area (Å²) in [5, 5.41) is 9.02. The maximum atomic E-state index is 12.1. The number of hydrogen-bond acceptors (Lipinski definition) is 4. The summed E-state index contributed by atoms with van der Waals surface area (Å²) in [5.41, 5.74) is 0. The van der Waals surface area contributed by atoms with Crippen LogP contribution in [0.15, 0.2) is 0 Å². The average molecular weight is 263 g/mol. The molecule has 2 aliphatic heterocycles. The van der Waals surface area contributed by atoms with Gasteiger partial charge in [-0.15, -0.1) is 0 Å².